The largest absolute Gasteiger partial charge is 0.529 e. The van der Waals surface area contributed by atoms with Gasteiger partial charge >= 0.3 is 0 Å². The summed E-state index contributed by atoms with van der Waals surface area (Å²) in [5.74, 6) is 0.670. The molecule has 0 bridgehead atoms. The molecule has 5 nitrogen and oxygen atoms in total. The average Bonchev–Trinajstić information content (AvgIpc) is 2.57. The van der Waals surface area contributed by atoms with Gasteiger partial charge in [0.25, 0.3) is 0 Å². The van der Waals surface area contributed by atoms with Crippen LogP contribution in [0.25, 0.3) is 0 Å². The number of benzene rings is 2. The van der Waals surface area contributed by atoms with Gasteiger partial charge in [-0.25, -0.2) is 0 Å². The van der Waals surface area contributed by atoms with E-state index in [0.29, 0.717) is 17.1 Å². The molecule has 0 N–H and O–H groups in total. The van der Waals surface area contributed by atoms with Crippen molar-refractivity contribution in [2.24, 2.45) is 0 Å². The summed E-state index contributed by atoms with van der Waals surface area (Å²) in [5.41, 5.74) is 2.05. The van der Waals surface area contributed by atoms with Gasteiger partial charge in [-0.15, -0.1) is 0 Å². The van der Waals surface area contributed by atoms with Crippen molar-refractivity contribution in [2.45, 2.75) is 13.8 Å². The van der Waals surface area contributed by atoms with E-state index in [1.165, 1.54) is 0 Å². The number of amides is 1. The highest BCUT2D eigenvalue weighted by Gasteiger charge is 2.12. The quantitative estimate of drug-likeness (QED) is 0.822. The molecule has 0 radical (unpaired) electrons. The molecule has 122 valence electrons. The number of anilines is 3. The number of rotatable bonds is 6. The van der Waals surface area contributed by atoms with E-state index >= 15 is 0 Å². The van der Waals surface area contributed by atoms with Crippen LogP contribution in [0.2, 0.25) is 0 Å². The molecule has 0 atom stereocenters. The highest BCUT2D eigenvalue weighted by molar-refractivity contribution is 5.94. The maximum absolute atomic E-state index is 11.6. The SMILES string of the molecule is CCN(CC)c1cccc(N(C(=O)[O-])c2ccc(OC)cc2)c1. The number of methoxy groups -OCH3 is 1. The Labute approximate surface area is 136 Å². The minimum atomic E-state index is -1.27. The van der Waals surface area contributed by atoms with Gasteiger partial charge in [0, 0.05) is 30.2 Å². The predicted octanol–water partition coefficient (Wildman–Crippen LogP) is 3.02. The number of hydrogen-bond donors (Lipinski definition) is 0. The Bertz CT molecular complexity index is 652. The van der Waals surface area contributed by atoms with Crippen LogP contribution < -0.4 is 19.6 Å². The van der Waals surface area contributed by atoms with E-state index in [4.69, 9.17) is 4.74 Å². The lowest BCUT2D eigenvalue weighted by atomic mass is 10.2. The fourth-order valence-corrected chi connectivity index (χ4v) is 2.51. The van der Waals surface area contributed by atoms with E-state index in [2.05, 4.69) is 18.7 Å². The minimum Gasteiger partial charge on any atom is -0.529 e. The van der Waals surface area contributed by atoms with E-state index in [0.717, 1.165) is 23.7 Å². The molecule has 5 heteroatoms. The molecule has 0 fully saturated rings. The van der Waals surface area contributed by atoms with Gasteiger partial charge in [0.15, 0.2) is 0 Å². The monoisotopic (exact) mass is 313 g/mol. The Morgan fingerprint density at radius 2 is 1.61 bits per heavy atom. The number of carbonyl (C=O) groups is 1. The molecule has 0 saturated heterocycles. The van der Waals surface area contributed by atoms with E-state index in [9.17, 15) is 9.90 Å². The highest BCUT2D eigenvalue weighted by atomic mass is 16.5. The van der Waals surface area contributed by atoms with Crippen LogP contribution in [0.15, 0.2) is 48.5 Å². The Balaban J connectivity index is 2.41. The molecule has 2 rings (SSSR count). The van der Waals surface area contributed by atoms with Gasteiger partial charge in [-0.3, -0.25) is 4.90 Å². The fourth-order valence-electron chi connectivity index (χ4n) is 2.51. The van der Waals surface area contributed by atoms with Gasteiger partial charge in [-0.2, -0.15) is 0 Å². The summed E-state index contributed by atoms with van der Waals surface area (Å²) in [6, 6.07) is 14.3. The third kappa shape index (κ3) is 3.74. The van der Waals surface area contributed by atoms with Crippen molar-refractivity contribution in [1.82, 2.24) is 0 Å². The van der Waals surface area contributed by atoms with Crippen LogP contribution in [0.1, 0.15) is 13.8 Å². The van der Waals surface area contributed by atoms with Crippen LogP contribution in [-0.4, -0.2) is 26.3 Å². The topological polar surface area (TPSA) is 55.8 Å². The molecular weight excluding hydrogens is 292 g/mol. The molecule has 0 unspecified atom stereocenters. The Morgan fingerprint density at radius 3 is 2.13 bits per heavy atom. The fraction of sp³-hybridized carbons (Fsp3) is 0.278. The molecule has 2 aromatic rings. The number of ether oxygens (including phenoxy) is 1. The average molecular weight is 313 g/mol. The summed E-state index contributed by atoms with van der Waals surface area (Å²) in [7, 11) is 1.57. The second-order valence-corrected chi connectivity index (χ2v) is 4.99. The van der Waals surface area contributed by atoms with Gasteiger partial charge in [0.05, 0.1) is 7.11 Å². The Hall–Kier alpha value is -2.69. The number of hydrogen-bond acceptors (Lipinski definition) is 4. The van der Waals surface area contributed by atoms with Gasteiger partial charge in [0.1, 0.15) is 11.8 Å². The van der Waals surface area contributed by atoms with Crippen molar-refractivity contribution in [3.63, 3.8) is 0 Å². The van der Waals surface area contributed by atoms with Gasteiger partial charge < -0.3 is 19.5 Å². The van der Waals surface area contributed by atoms with Crippen molar-refractivity contribution >= 4 is 23.2 Å². The van der Waals surface area contributed by atoms with E-state index in [1.807, 2.05) is 18.2 Å². The molecule has 0 aliphatic heterocycles. The zero-order valence-electron chi connectivity index (χ0n) is 13.7. The summed E-state index contributed by atoms with van der Waals surface area (Å²) in [6.07, 6.45) is -1.27. The minimum absolute atomic E-state index is 0.516. The standard InChI is InChI=1S/C18H22N2O3/c1-4-19(5-2)15-7-6-8-16(13-15)20(18(21)22)14-9-11-17(23-3)12-10-14/h6-13H,4-5H2,1-3H3,(H,21,22)/p-1. The van der Waals surface area contributed by atoms with E-state index < -0.39 is 6.09 Å². The van der Waals surface area contributed by atoms with E-state index in [1.54, 1.807) is 37.4 Å². The molecule has 23 heavy (non-hydrogen) atoms. The van der Waals surface area contributed by atoms with Crippen molar-refractivity contribution in [1.29, 1.82) is 0 Å². The second-order valence-electron chi connectivity index (χ2n) is 4.99. The first kappa shape index (κ1) is 16.7. The molecule has 0 aromatic heterocycles. The van der Waals surface area contributed by atoms with Crippen LogP contribution >= 0.6 is 0 Å². The first-order valence-corrected chi connectivity index (χ1v) is 7.60. The molecule has 0 saturated carbocycles. The third-order valence-corrected chi connectivity index (χ3v) is 3.73. The van der Waals surface area contributed by atoms with Crippen LogP contribution in [-0.2, 0) is 0 Å². The Morgan fingerprint density at radius 1 is 1.00 bits per heavy atom. The summed E-state index contributed by atoms with van der Waals surface area (Å²) in [6.45, 7) is 5.84. The molecule has 0 spiro atoms. The lowest BCUT2D eigenvalue weighted by Crippen LogP contribution is -2.38. The van der Waals surface area contributed by atoms with Crippen molar-refractivity contribution in [3.8, 4) is 5.75 Å². The van der Waals surface area contributed by atoms with Crippen molar-refractivity contribution in [3.05, 3.63) is 48.5 Å². The highest BCUT2D eigenvalue weighted by Crippen LogP contribution is 2.29. The molecule has 2 aromatic carbocycles. The smallest absolute Gasteiger partial charge is 0.146 e. The first-order chi connectivity index (χ1) is 11.1. The predicted molar refractivity (Wildman–Crippen MR) is 90.5 cm³/mol. The normalized spacial score (nSPS) is 10.2. The van der Waals surface area contributed by atoms with Crippen LogP contribution in [0.4, 0.5) is 21.9 Å². The van der Waals surface area contributed by atoms with E-state index in [-0.39, 0.29) is 0 Å². The molecule has 1 amide bonds. The van der Waals surface area contributed by atoms with Crippen molar-refractivity contribution in [2.75, 3.05) is 30.0 Å². The van der Waals surface area contributed by atoms with Crippen molar-refractivity contribution < 1.29 is 14.6 Å². The summed E-state index contributed by atoms with van der Waals surface area (Å²) < 4.78 is 5.11. The lowest BCUT2D eigenvalue weighted by molar-refractivity contribution is -0.245. The summed E-state index contributed by atoms with van der Waals surface area (Å²) >= 11 is 0. The summed E-state index contributed by atoms with van der Waals surface area (Å²) in [4.78, 5) is 15.0. The Kier molecular flexibility index (Phi) is 5.46. The number of carbonyl (C=O) groups excluding carboxylic acids is 1. The molecular formula is C18H21N2O3-. The van der Waals surface area contributed by atoms with Gasteiger partial charge in [-0.1, -0.05) is 6.07 Å². The van der Waals surface area contributed by atoms with Crippen LogP contribution in [0.3, 0.4) is 0 Å². The van der Waals surface area contributed by atoms with Crippen LogP contribution in [0, 0.1) is 0 Å². The second kappa shape index (κ2) is 7.54. The first-order valence-electron chi connectivity index (χ1n) is 7.60. The number of carboxylic acid groups (broad SMARTS) is 1. The van der Waals surface area contributed by atoms with Crippen LogP contribution in [0.5, 0.6) is 5.75 Å². The molecule has 0 aliphatic carbocycles. The zero-order chi connectivity index (χ0) is 16.8. The zero-order valence-corrected chi connectivity index (χ0v) is 13.7. The molecule has 0 aliphatic rings. The lowest BCUT2D eigenvalue weighted by Gasteiger charge is -2.28. The third-order valence-electron chi connectivity index (χ3n) is 3.73. The maximum Gasteiger partial charge on any atom is 0.146 e. The molecule has 0 heterocycles. The van der Waals surface area contributed by atoms with Gasteiger partial charge in [0.2, 0.25) is 0 Å². The summed E-state index contributed by atoms with van der Waals surface area (Å²) in [5, 5.41) is 11.6. The number of nitrogens with zero attached hydrogens (tertiary/aromatic N) is 2. The maximum atomic E-state index is 11.6. The van der Waals surface area contributed by atoms with Gasteiger partial charge in [-0.05, 0) is 56.3 Å².